The van der Waals surface area contributed by atoms with Crippen molar-refractivity contribution in [2.75, 3.05) is 26.2 Å². The first kappa shape index (κ1) is 17.2. The van der Waals surface area contributed by atoms with Crippen LogP contribution in [0.4, 0.5) is 0 Å². The molecule has 0 atom stereocenters. The van der Waals surface area contributed by atoms with Gasteiger partial charge in [0.1, 0.15) is 0 Å². The van der Waals surface area contributed by atoms with E-state index < -0.39 is 0 Å². The number of hydrogen-bond acceptors (Lipinski definition) is 4. The van der Waals surface area contributed by atoms with Crippen molar-refractivity contribution in [1.29, 1.82) is 0 Å². The molecule has 0 radical (unpaired) electrons. The zero-order valence-corrected chi connectivity index (χ0v) is 15.4. The summed E-state index contributed by atoms with van der Waals surface area (Å²) in [6.45, 7) is 5.53. The second kappa shape index (κ2) is 7.54. The topological polar surface area (TPSA) is 58.1 Å². The minimum atomic E-state index is 0.114. The molecular formula is C21H26N4O. The van der Waals surface area contributed by atoms with Gasteiger partial charge < -0.3 is 10.2 Å². The van der Waals surface area contributed by atoms with E-state index in [1.165, 1.54) is 24.1 Å². The maximum Gasteiger partial charge on any atom is 0.253 e. The first-order valence-corrected chi connectivity index (χ1v) is 9.69. The van der Waals surface area contributed by atoms with Gasteiger partial charge >= 0.3 is 0 Å². The molecule has 1 aromatic heterocycles. The fraction of sp³-hybridized carbons (Fsp3) is 0.476. The lowest BCUT2D eigenvalue weighted by atomic mass is 9.95. The summed E-state index contributed by atoms with van der Waals surface area (Å²) in [5.74, 6) is 0.893. The van der Waals surface area contributed by atoms with Crippen molar-refractivity contribution in [3.05, 3.63) is 46.8 Å². The average Bonchev–Trinajstić information content (AvgIpc) is 2.97. The third-order valence-corrected chi connectivity index (χ3v) is 5.41. The molecule has 2 aliphatic rings. The third kappa shape index (κ3) is 3.49. The highest BCUT2D eigenvalue weighted by Crippen LogP contribution is 2.25. The molecule has 1 aromatic carbocycles. The van der Waals surface area contributed by atoms with Gasteiger partial charge in [0, 0.05) is 42.1 Å². The van der Waals surface area contributed by atoms with E-state index in [4.69, 9.17) is 9.97 Å². The number of nitrogens with one attached hydrogen (secondary N) is 1. The molecule has 2 aromatic rings. The Labute approximate surface area is 154 Å². The third-order valence-electron chi connectivity index (χ3n) is 5.41. The second-order valence-electron chi connectivity index (χ2n) is 7.24. The Morgan fingerprint density at radius 2 is 1.81 bits per heavy atom. The first-order chi connectivity index (χ1) is 12.7. The van der Waals surface area contributed by atoms with Gasteiger partial charge in [-0.3, -0.25) is 4.79 Å². The Bertz CT molecular complexity index is 792. The fourth-order valence-corrected chi connectivity index (χ4v) is 3.90. The molecule has 2 heterocycles. The fourth-order valence-electron chi connectivity index (χ4n) is 3.90. The molecule has 1 amide bonds. The summed E-state index contributed by atoms with van der Waals surface area (Å²) < 4.78 is 0. The predicted octanol–water partition coefficient (Wildman–Crippen LogP) is 2.77. The number of aromatic nitrogens is 2. The summed E-state index contributed by atoms with van der Waals surface area (Å²) in [7, 11) is 0. The molecule has 1 N–H and O–H groups in total. The van der Waals surface area contributed by atoms with Crippen molar-refractivity contribution in [2.24, 2.45) is 0 Å². The van der Waals surface area contributed by atoms with Gasteiger partial charge in [0.05, 0.1) is 0 Å². The first-order valence-electron chi connectivity index (χ1n) is 9.69. The lowest BCUT2D eigenvalue weighted by Gasteiger charge is -2.20. The van der Waals surface area contributed by atoms with Gasteiger partial charge in [-0.15, -0.1) is 0 Å². The van der Waals surface area contributed by atoms with Crippen molar-refractivity contribution < 1.29 is 4.79 Å². The standard InChI is InChI=1S/C21H26N4O/c1-15-18-5-2-3-6-19(18)24-20(23-15)16-7-9-17(10-8-16)21(26)25-13-4-11-22-12-14-25/h7-10,22H,2-6,11-14H2,1H3. The van der Waals surface area contributed by atoms with Gasteiger partial charge in [0.15, 0.2) is 5.82 Å². The molecule has 1 aliphatic heterocycles. The molecule has 1 fully saturated rings. The Hall–Kier alpha value is -2.27. The minimum Gasteiger partial charge on any atom is -0.337 e. The highest BCUT2D eigenvalue weighted by Gasteiger charge is 2.18. The highest BCUT2D eigenvalue weighted by atomic mass is 16.2. The summed E-state index contributed by atoms with van der Waals surface area (Å²) in [5, 5.41) is 3.33. The molecule has 5 heteroatoms. The average molecular weight is 350 g/mol. The van der Waals surface area contributed by atoms with Crippen LogP contribution in [0.15, 0.2) is 24.3 Å². The van der Waals surface area contributed by atoms with Crippen LogP contribution >= 0.6 is 0 Å². The Kier molecular flexibility index (Phi) is 4.98. The molecule has 1 aliphatic carbocycles. The monoisotopic (exact) mass is 350 g/mol. The number of carbonyl (C=O) groups excluding carboxylic acids is 1. The molecule has 0 spiro atoms. The Balaban J connectivity index is 1.56. The van der Waals surface area contributed by atoms with E-state index in [1.807, 2.05) is 29.2 Å². The van der Waals surface area contributed by atoms with E-state index >= 15 is 0 Å². The van der Waals surface area contributed by atoms with Crippen LogP contribution in [0, 0.1) is 6.92 Å². The zero-order chi connectivity index (χ0) is 17.9. The number of carbonyl (C=O) groups is 1. The van der Waals surface area contributed by atoms with Gasteiger partial charge in [-0.25, -0.2) is 9.97 Å². The largest absolute Gasteiger partial charge is 0.337 e. The van der Waals surface area contributed by atoms with Crippen molar-refractivity contribution >= 4 is 5.91 Å². The van der Waals surface area contributed by atoms with Crippen LogP contribution in [0.3, 0.4) is 0 Å². The summed E-state index contributed by atoms with van der Waals surface area (Å²) in [4.78, 5) is 24.2. The smallest absolute Gasteiger partial charge is 0.253 e. The van der Waals surface area contributed by atoms with E-state index in [2.05, 4.69) is 12.2 Å². The van der Waals surface area contributed by atoms with Crippen LogP contribution in [0.25, 0.3) is 11.4 Å². The molecule has 136 valence electrons. The summed E-state index contributed by atoms with van der Waals surface area (Å²) in [6.07, 6.45) is 5.59. The van der Waals surface area contributed by atoms with Gasteiger partial charge in [-0.2, -0.15) is 0 Å². The number of aryl methyl sites for hydroxylation is 2. The molecule has 5 nitrogen and oxygen atoms in total. The number of fused-ring (bicyclic) bond motifs is 1. The highest BCUT2D eigenvalue weighted by molar-refractivity contribution is 5.94. The lowest BCUT2D eigenvalue weighted by molar-refractivity contribution is 0.0766. The summed E-state index contributed by atoms with van der Waals surface area (Å²) in [5.41, 5.74) is 5.36. The summed E-state index contributed by atoms with van der Waals surface area (Å²) in [6, 6.07) is 7.78. The van der Waals surface area contributed by atoms with Crippen molar-refractivity contribution in [3.63, 3.8) is 0 Å². The molecule has 1 saturated heterocycles. The number of benzene rings is 1. The molecule has 0 unspecified atom stereocenters. The SMILES string of the molecule is Cc1nc(-c2ccc(C(=O)N3CCCNCC3)cc2)nc2c1CCCC2. The predicted molar refractivity (Wildman–Crippen MR) is 102 cm³/mol. The van der Waals surface area contributed by atoms with Crippen LogP contribution in [0.2, 0.25) is 0 Å². The molecule has 26 heavy (non-hydrogen) atoms. The van der Waals surface area contributed by atoms with Gasteiger partial charge in [-0.05, 0) is 63.3 Å². The van der Waals surface area contributed by atoms with E-state index in [-0.39, 0.29) is 5.91 Å². The number of hydrogen-bond donors (Lipinski definition) is 1. The van der Waals surface area contributed by atoms with Gasteiger partial charge in [0.25, 0.3) is 5.91 Å². The molecule has 4 rings (SSSR count). The van der Waals surface area contributed by atoms with Gasteiger partial charge in [0.2, 0.25) is 0 Å². The second-order valence-corrected chi connectivity index (χ2v) is 7.24. The lowest BCUT2D eigenvalue weighted by Crippen LogP contribution is -2.34. The van der Waals surface area contributed by atoms with E-state index in [0.29, 0.717) is 0 Å². The van der Waals surface area contributed by atoms with Crippen LogP contribution < -0.4 is 5.32 Å². The quantitative estimate of drug-likeness (QED) is 0.905. The minimum absolute atomic E-state index is 0.114. The van der Waals surface area contributed by atoms with Crippen molar-refractivity contribution in [2.45, 2.75) is 39.0 Å². The normalized spacial score (nSPS) is 17.5. The van der Waals surface area contributed by atoms with Crippen LogP contribution in [0.5, 0.6) is 0 Å². The molecule has 0 bridgehead atoms. The van der Waals surface area contributed by atoms with Crippen LogP contribution in [-0.4, -0.2) is 47.0 Å². The zero-order valence-electron chi connectivity index (χ0n) is 15.4. The van der Waals surface area contributed by atoms with Crippen molar-refractivity contribution in [1.82, 2.24) is 20.2 Å². The van der Waals surface area contributed by atoms with Crippen LogP contribution in [0.1, 0.15) is 46.6 Å². The van der Waals surface area contributed by atoms with E-state index in [0.717, 1.165) is 68.1 Å². The van der Waals surface area contributed by atoms with E-state index in [1.54, 1.807) is 0 Å². The van der Waals surface area contributed by atoms with Crippen LogP contribution in [-0.2, 0) is 12.8 Å². The summed E-state index contributed by atoms with van der Waals surface area (Å²) >= 11 is 0. The molecule has 0 saturated carbocycles. The Morgan fingerprint density at radius 1 is 1.00 bits per heavy atom. The van der Waals surface area contributed by atoms with Crippen molar-refractivity contribution in [3.8, 4) is 11.4 Å². The number of rotatable bonds is 2. The number of nitrogens with zero attached hydrogens (tertiary/aromatic N) is 3. The maximum atomic E-state index is 12.7. The molecular weight excluding hydrogens is 324 g/mol. The van der Waals surface area contributed by atoms with E-state index in [9.17, 15) is 4.79 Å². The Morgan fingerprint density at radius 3 is 2.65 bits per heavy atom. The maximum absolute atomic E-state index is 12.7. The van der Waals surface area contributed by atoms with Gasteiger partial charge in [-0.1, -0.05) is 12.1 Å². The number of amides is 1.